The number of alkyl halides is 3. The van der Waals surface area contributed by atoms with Crippen LogP contribution in [0.4, 0.5) is 13.2 Å². The smallest absolute Gasteiger partial charge is 0.416 e. The molecule has 4 N–H and O–H groups in total. The number of nitrogens with two attached hydrogens (primary N) is 1. The maximum atomic E-state index is 12.5. The van der Waals surface area contributed by atoms with Crippen LogP contribution in [0.5, 0.6) is 5.88 Å². The van der Waals surface area contributed by atoms with Gasteiger partial charge in [0, 0.05) is 5.56 Å². The summed E-state index contributed by atoms with van der Waals surface area (Å²) < 4.78 is 37.6. The SMILES string of the molecule is NC(=O)c1[nH]c(-c2cccc(C(F)(F)F)c2)nc1O. The molecule has 0 saturated heterocycles. The molecule has 0 aliphatic heterocycles. The van der Waals surface area contributed by atoms with E-state index in [1.54, 1.807) is 0 Å². The van der Waals surface area contributed by atoms with E-state index in [4.69, 9.17) is 5.73 Å². The highest BCUT2D eigenvalue weighted by atomic mass is 19.4. The fourth-order valence-corrected chi connectivity index (χ4v) is 1.52. The molecule has 0 atom stereocenters. The van der Waals surface area contributed by atoms with Gasteiger partial charge in [0.15, 0.2) is 5.69 Å². The van der Waals surface area contributed by atoms with E-state index in [9.17, 15) is 23.1 Å². The zero-order chi connectivity index (χ0) is 14.2. The number of imidazole rings is 1. The van der Waals surface area contributed by atoms with Crippen LogP contribution in [0.1, 0.15) is 16.1 Å². The largest absolute Gasteiger partial charge is 0.492 e. The standard InChI is InChI=1S/C11H8F3N3O2/c12-11(13,14)6-3-1-2-5(4-6)9-16-7(8(15)18)10(19)17-9/h1-4,19H,(H2,15,18)(H,16,17). The average molecular weight is 271 g/mol. The number of hydrogen-bond donors (Lipinski definition) is 3. The summed E-state index contributed by atoms with van der Waals surface area (Å²) in [5.74, 6) is -1.68. The van der Waals surface area contributed by atoms with Crippen LogP contribution in [0.15, 0.2) is 24.3 Å². The lowest BCUT2D eigenvalue weighted by Crippen LogP contribution is -2.11. The van der Waals surface area contributed by atoms with E-state index in [0.29, 0.717) is 0 Å². The number of H-pyrrole nitrogens is 1. The van der Waals surface area contributed by atoms with Crippen LogP contribution in [0.25, 0.3) is 11.4 Å². The Hall–Kier alpha value is -2.51. The van der Waals surface area contributed by atoms with Crippen molar-refractivity contribution in [2.24, 2.45) is 5.73 Å². The van der Waals surface area contributed by atoms with Gasteiger partial charge in [0.1, 0.15) is 5.82 Å². The third kappa shape index (κ3) is 2.51. The molecule has 2 aromatic rings. The average Bonchev–Trinajstić information content (AvgIpc) is 2.70. The first-order valence-electron chi connectivity index (χ1n) is 5.05. The first-order chi connectivity index (χ1) is 8.79. The Morgan fingerprint density at radius 1 is 1.37 bits per heavy atom. The molecule has 5 nitrogen and oxygen atoms in total. The molecule has 1 heterocycles. The molecular formula is C11H8F3N3O2. The third-order valence-electron chi connectivity index (χ3n) is 2.39. The number of hydrogen-bond acceptors (Lipinski definition) is 3. The Kier molecular flexibility index (Phi) is 2.93. The summed E-state index contributed by atoms with van der Waals surface area (Å²) in [6.07, 6.45) is -4.49. The number of aromatic hydroxyl groups is 1. The quantitative estimate of drug-likeness (QED) is 0.778. The highest BCUT2D eigenvalue weighted by Crippen LogP contribution is 2.32. The molecule has 8 heteroatoms. The maximum Gasteiger partial charge on any atom is 0.416 e. The van der Waals surface area contributed by atoms with Gasteiger partial charge >= 0.3 is 6.18 Å². The number of nitrogens with one attached hydrogen (secondary N) is 1. The lowest BCUT2D eigenvalue weighted by molar-refractivity contribution is -0.137. The zero-order valence-corrected chi connectivity index (χ0v) is 9.32. The number of nitrogens with zero attached hydrogens (tertiary/aromatic N) is 1. The van der Waals surface area contributed by atoms with Crippen molar-refractivity contribution in [3.63, 3.8) is 0 Å². The lowest BCUT2D eigenvalue weighted by Gasteiger charge is -2.07. The van der Waals surface area contributed by atoms with Crippen molar-refractivity contribution in [2.75, 3.05) is 0 Å². The second kappa shape index (κ2) is 4.30. The third-order valence-corrected chi connectivity index (χ3v) is 2.39. The van der Waals surface area contributed by atoms with Gasteiger partial charge in [-0.25, -0.2) is 0 Å². The number of carbonyl (C=O) groups excluding carboxylic acids is 1. The van der Waals surface area contributed by atoms with Gasteiger partial charge in [-0.15, -0.1) is 0 Å². The van der Waals surface area contributed by atoms with Gasteiger partial charge in [0.2, 0.25) is 5.88 Å². The molecule has 2 rings (SSSR count). The van der Waals surface area contributed by atoms with E-state index in [0.717, 1.165) is 12.1 Å². The zero-order valence-electron chi connectivity index (χ0n) is 9.32. The molecule has 19 heavy (non-hydrogen) atoms. The molecule has 0 bridgehead atoms. The van der Waals surface area contributed by atoms with Crippen molar-refractivity contribution in [1.82, 2.24) is 9.97 Å². The fraction of sp³-hybridized carbons (Fsp3) is 0.0909. The Balaban J connectivity index is 2.48. The number of amides is 1. The number of rotatable bonds is 2. The van der Waals surface area contributed by atoms with E-state index >= 15 is 0 Å². The van der Waals surface area contributed by atoms with Crippen molar-refractivity contribution in [2.45, 2.75) is 6.18 Å². The van der Waals surface area contributed by atoms with Crippen molar-refractivity contribution in [3.8, 4) is 17.3 Å². The minimum Gasteiger partial charge on any atom is -0.492 e. The fourth-order valence-electron chi connectivity index (χ4n) is 1.52. The minimum absolute atomic E-state index is 0.0719. The first-order valence-corrected chi connectivity index (χ1v) is 5.05. The van der Waals surface area contributed by atoms with Gasteiger partial charge in [-0.1, -0.05) is 12.1 Å². The number of aromatic amines is 1. The summed E-state index contributed by atoms with van der Waals surface area (Å²) >= 11 is 0. The minimum atomic E-state index is -4.49. The Morgan fingerprint density at radius 2 is 2.05 bits per heavy atom. The van der Waals surface area contributed by atoms with Gasteiger partial charge < -0.3 is 15.8 Å². The summed E-state index contributed by atoms with van der Waals surface area (Å²) in [7, 11) is 0. The van der Waals surface area contributed by atoms with Crippen molar-refractivity contribution >= 4 is 5.91 Å². The second-order valence-electron chi connectivity index (χ2n) is 3.73. The topological polar surface area (TPSA) is 92.0 Å². The molecule has 0 radical (unpaired) electrons. The molecule has 0 aliphatic carbocycles. The summed E-state index contributed by atoms with van der Waals surface area (Å²) in [6, 6.07) is 4.31. The maximum absolute atomic E-state index is 12.5. The Labute approximate surface area is 104 Å². The summed E-state index contributed by atoms with van der Waals surface area (Å²) in [4.78, 5) is 16.8. The van der Waals surface area contributed by atoms with Crippen LogP contribution in [0, 0.1) is 0 Å². The molecule has 1 aromatic heterocycles. The molecule has 0 spiro atoms. The van der Waals surface area contributed by atoms with Gasteiger partial charge in [-0.05, 0) is 12.1 Å². The van der Waals surface area contributed by atoms with Crippen LogP contribution < -0.4 is 5.73 Å². The predicted octanol–water partition coefficient (Wildman–Crippen LogP) is 1.90. The number of aromatic nitrogens is 2. The van der Waals surface area contributed by atoms with Gasteiger partial charge in [0.05, 0.1) is 5.56 Å². The molecular weight excluding hydrogens is 263 g/mol. The molecule has 0 saturated carbocycles. The van der Waals surface area contributed by atoms with Crippen molar-refractivity contribution in [3.05, 3.63) is 35.5 Å². The van der Waals surface area contributed by atoms with Crippen LogP contribution in [-0.2, 0) is 6.18 Å². The van der Waals surface area contributed by atoms with E-state index < -0.39 is 23.5 Å². The number of benzene rings is 1. The molecule has 0 aliphatic rings. The normalized spacial score (nSPS) is 11.5. The highest BCUT2D eigenvalue weighted by Gasteiger charge is 2.30. The van der Waals surface area contributed by atoms with E-state index in [1.165, 1.54) is 12.1 Å². The Morgan fingerprint density at radius 3 is 2.58 bits per heavy atom. The van der Waals surface area contributed by atoms with Gasteiger partial charge in [-0.2, -0.15) is 18.2 Å². The number of carbonyl (C=O) groups is 1. The van der Waals surface area contributed by atoms with E-state index in [1.807, 2.05) is 0 Å². The second-order valence-corrected chi connectivity index (χ2v) is 3.73. The van der Waals surface area contributed by atoms with E-state index in [-0.39, 0.29) is 17.1 Å². The van der Waals surface area contributed by atoms with Gasteiger partial charge in [-0.3, -0.25) is 4.79 Å². The summed E-state index contributed by atoms with van der Waals surface area (Å²) in [5.41, 5.74) is 3.82. The Bertz CT molecular complexity index is 634. The van der Waals surface area contributed by atoms with E-state index in [2.05, 4.69) is 9.97 Å². The number of primary amides is 1. The van der Waals surface area contributed by atoms with Crippen LogP contribution in [0.3, 0.4) is 0 Å². The molecule has 1 amide bonds. The number of halogens is 3. The molecule has 1 aromatic carbocycles. The molecule has 0 fully saturated rings. The predicted molar refractivity (Wildman–Crippen MR) is 59.2 cm³/mol. The first kappa shape index (κ1) is 12.9. The highest BCUT2D eigenvalue weighted by molar-refractivity contribution is 5.93. The van der Waals surface area contributed by atoms with Crippen LogP contribution in [-0.4, -0.2) is 21.0 Å². The van der Waals surface area contributed by atoms with Crippen LogP contribution in [0.2, 0.25) is 0 Å². The van der Waals surface area contributed by atoms with Crippen molar-refractivity contribution in [1.29, 1.82) is 0 Å². The lowest BCUT2D eigenvalue weighted by atomic mass is 10.1. The monoisotopic (exact) mass is 271 g/mol. The van der Waals surface area contributed by atoms with Gasteiger partial charge in [0.25, 0.3) is 5.91 Å². The molecule has 0 unspecified atom stereocenters. The molecule has 100 valence electrons. The van der Waals surface area contributed by atoms with Crippen molar-refractivity contribution < 1.29 is 23.1 Å². The summed E-state index contributed by atoms with van der Waals surface area (Å²) in [5, 5.41) is 9.33. The van der Waals surface area contributed by atoms with Crippen LogP contribution >= 0.6 is 0 Å². The summed E-state index contributed by atoms with van der Waals surface area (Å²) in [6.45, 7) is 0.